The molecule has 0 aliphatic carbocycles. The molecule has 0 N–H and O–H groups in total. The first-order valence-corrected chi connectivity index (χ1v) is 6.18. The van der Waals surface area contributed by atoms with Crippen LogP contribution in [0.25, 0.3) is 0 Å². The summed E-state index contributed by atoms with van der Waals surface area (Å²) in [7, 11) is 1.49. The van der Waals surface area contributed by atoms with Crippen LogP contribution in [-0.4, -0.2) is 35.3 Å². The molecule has 1 aromatic carbocycles. The zero-order valence-electron chi connectivity index (χ0n) is 11.1. The molecule has 3 amide bonds. The van der Waals surface area contributed by atoms with E-state index in [4.69, 9.17) is 6.42 Å². The molecule has 1 aliphatic rings. The maximum Gasteiger partial charge on any atom is 0.328 e. The number of carbonyl (C=O) groups excluding carboxylic acids is 2. The van der Waals surface area contributed by atoms with Crippen molar-refractivity contribution in [2.45, 2.75) is 18.9 Å². The Labute approximate surface area is 113 Å². The number of benzene rings is 1. The van der Waals surface area contributed by atoms with Gasteiger partial charge in [0.15, 0.2) is 0 Å². The van der Waals surface area contributed by atoms with Gasteiger partial charge in [-0.05, 0) is 12.0 Å². The van der Waals surface area contributed by atoms with Crippen LogP contribution in [0, 0.1) is 12.3 Å². The average Bonchev–Trinajstić information content (AvgIpc) is 2.63. The third-order valence-corrected chi connectivity index (χ3v) is 3.65. The summed E-state index contributed by atoms with van der Waals surface area (Å²) >= 11 is 0. The summed E-state index contributed by atoms with van der Waals surface area (Å²) in [5, 5.41) is 0. The molecule has 4 heteroatoms. The Morgan fingerprint density at radius 2 is 1.89 bits per heavy atom. The second-order valence-electron chi connectivity index (χ2n) is 4.52. The van der Waals surface area contributed by atoms with Gasteiger partial charge in [-0.2, -0.15) is 0 Å². The molecule has 0 saturated carbocycles. The largest absolute Gasteiger partial charge is 0.328 e. The highest BCUT2D eigenvalue weighted by Crippen LogP contribution is 2.39. The number of likely N-dealkylation sites (N-methyl/N-ethyl adjacent to an activating group) is 1. The van der Waals surface area contributed by atoms with E-state index in [0.29, 0.717) is 6.42 Å². The number of imide groups is 1. The van der Waals surface area contributed by atoms with Crippen LogP contribution in [-0.2, 0) is 10.3 Å². The van der Waals surface area contributed by atoms with Crippen molar-refractivity contribution in [2.24, 2.45) is 0 Å². The molecule has 0 spiro atoms. The van der Waals surface area contributed by atoms with Crippen molar-refractivity contribution < 1.29 is 9.59 Å². The Bertz CT molecular complexity index is 547. The quantitative estimate of drug-likeness (QED) is 0.611. The van der Waals surface area contributed by atoms with Gasteiger partial charge in [-0.25, -0.2) is 4.79 Å². The van der Waals surface area contributed by atoms with E-state index in [1.807, 2.05) is 37.3 Å². The van der Waals surface area contributed by atoms with E-state index in [1.54, 1.807) is 0 Å². The lowest BCUT2D eigenvalue weighted by molar-refractivity contribution is -0.133. The van der Waals surface area contributed by atoms with Gasteiger partial charge in [-0.1, -0.05) is 43.2 Å². The van der Waals surface area contributed by atoms with E-state index in [9.17, 15) is 9.59 Å². The van der Waals surface area contributed by atoms with Crippen LogP contribution in [0.2, 0.25) is 0 Å². The summed E-state index contributed by atoms with van der Waals surface area (Å²) < 4.78 is 0. The van der Waals surface area contributed by atoms with Crippen LogP contribution in [0.1, 0.15) is 18.9 Å². The van der Waals surface area contributed by atoms with Gasteiger partial charge < -0.3 is 0 Å². The molecule has 1 unspecified atom stereocenters. The fraction of sp³-hybridized carbons (Fsp3) is 0.333. The molecule has 1 atom stereocenters. The molecule has 0 radical (unpaired) electrons. The third kappa shape index (κ3) is 1.70. The third-order valence-electron chi connectivity index (χ3n) is 3.65. The molecule has 98 valence electrons. The molecule has 1 aliphatic heterocycles. The maximum atomic E-state index is 12.5. The van der Waals surface area contributed by atoms with E-state index < -0.39 is 5.54 Å². The van der Waals surface area contributed by atoms with Crippen molar-refractivity contribution in [3.05, 3.63) is 35.9 Å². The summed E-state index contributed by atoms with van der Waals surface area (Å²) in [5.41, 5.74) is -0.171. The molecular formula is C15H16N2O2. The first kappa shape index (κ1) is 13.2. The number of amides is 3. The van der Waals surface area contributed by atoms with Crippen LogP contribution in [0.3, 0.4) is 0 Å². The van der Waals surface area contributed by atoms with E-state index in [0.717, 1.165) is 10.5 Å². The molecule has 0 bridgehead atoms. The standard InChI is InChI=1S/C15H16N2O2/c1-4-11-17-14(19)16(3)13(18)15(17,5-2)12-9-7-6-8-10-12/h1,6-10H,5,11H2,2-3H3. The van der Waals surface area contributed by atoms with Gasteiger partial charge in [0.1, 0.15) is 5.54 Å². The van der Waals surface area contributed by atoms with Gasteiger partial charge in [0.2, 0.25) is 0 Å². The zero-order chi connectivity index (χ0) is 14.0. The highest BCUT2D eigenvalue weighted by molar-refractivity contribution is 6.07. The highest BCUT2D eigenvalue weighted by atomic mass is 16.2. The smallest absolute Gasteiger partial charge is 0.294 e. The highest BCUT2D eigenvalue weighted by Gasteiger charge is 2.55. The fourth-order valence-corrected chi connectivity index (χ4v) is 2.66. The Hall–Kier alpha value is -2.28. The summed E-state index contributed by atoms with van der Waals surface area (Å²) in [4.78, 5) is 27.4. The summed E-state index contributed by atoms with van der Waals surface area (Å²) in [6.45, 7) is 2.01. The van der Waals surface area contributed by atoms with E-state index >= 15 is 0 Å². The molecule has 1 heterocycles. The van der Waals surface area contributed by atoms with E-state index in [-0.39, 0.29) is 18.5 Å². The minimum Gasteiger partial charge on any atom is -0.294 e. The van der Waals surface area contributed by atoms with Gasteiger partial charge >= 0.3 is 6.03 Å². The molecule has 1 fully saturated rings. The molecule has 4 nitrogen and oxygen atoms in total. The van der Waals surface area contributed by atoms with Gasteiger partial charge in [0.05, 0.1) is 6.54 Å². The fourth-order valence-electron chi connectivity index (χ4n) is 2.66. The average molecular weight is 256 g/mol. The molecule has 1 aromatic rings. The van der Waals surface area contributed by atoms with Crippen molar-refractivity contribution >= 4 is 11.9 Å². The van der Waals surface area contributed by atoms with Gasteiger partial charge in [-0.3, -0.25) is 14.6 Å². The number of terminal acetylenes is 1. The van der Waals surface area contributed by atoms with E-state index in [2.05, 4.69) is 5.92 Å². The first-order valence-electron chi connectivity index (χ1n) is 6.18. The lowest BCUT2D eigenvalue weighted by atomic mass is 9.85. The number of nitrogens with zero attached hydrogens (tertiary/aromatic N) is 2. The van der Waals surface area contributed by atoms with Gasteiger partial charge in [0, 0.05) is 7.05 Å². The normalized spacial score (nSPS) is 22.8. The zero-order valence-corrected chi connectivity index (χ0v) is 11.1. The Morgan fingerprint density at radius 3 is 2.42 bits per heavy atom. The van der Waals surface area contributed by atoms with Crippen molar-refractivity contribution in [1.82, 2.24) is 9.80 Å². The Morgan fingerprint density at radius 1 is 1.26 bits per heavy atom. The second kappa shape index (κ2) is 4.77. The van der Waals surface area contributed by atoms with Gasteiger partial charge in [0.25, 0.3) is 5.91 Å². The Kier molecular flexibility index (Phi) is 3.30. The molecule has 1 saturated heterocycles. The van der Waals surface area contributed by atoms with E-state index in [1.165, 1.54) is 11.9 Å². The minimum absolute atomic E-state index is 0.123. The van der Waals surface area contributed by atoms with Crippen molar-refractivity contribution in [2.75, 3.05) is 13.6 Å². The number of hydrogen-bond acceptors (Lipinski definition) is 2. The van der Waals surface area contributed by atoms with Crippen molar-refractivity contribution in [3.8, 4) is 12.3 Å². The minimum atomic E-state index is -0.973. The predicted molar refractivity (Wildman–Crippen MR) is 72.1 cm³/mol. The Balaban J connectivity index is 2.62. The molecule has 19 heavy (non-hydrogen) atoms. The summed E-state index contributed by atoms with van der Waals surface area (Å²) in [6, 6.07) is 8.97. The number of urea groups is 1. The van der Waals surface area contributed by atoms with Crippen LogP contribution < -0.4 is 0 Å². The lowest BCUT2D eigenvalue weighted by Crippen LogP contribution is -2.46. The van der Waals surface area contributed by atoms with Crippen LogP contribution in [0.4, 0.5) is 4.79 Å². The molecule has 0 aromatic heterocycles. The van der Waals surface area contributed by atoms with Crippen LogP contribution in [0.5, 0.6) is 0 Å². The molecular weight excluding hydrogens is 240 g/mol. The topological polar surface area (TPSA) is 40.6 Å². The monoisotopic (exact) mass is 256 g/mol. The summed E-state index contributed by atoms with van der Waals surface area (Å²) in [5.74, 6) is 2.25. The molecule has 2 rings (SSSR count). The number of hydrogen-bond donors (Lipinski definition) is 0. The van der Waals surface area contributed by atoms with Crippen LogP contribution in [0.15, 0.2) is 30.3 Å². The number of rotatable bonds is 3. The van der Waals surface area contributed by atoms with Crippen molar-refractivity contribution in [1.29, 1.82) is 0 Å². The number of carbonyl (C=O) groups is 2. The van der Waals surface area contributed by atoms with Gasteiger partial charge in [-0.15, -0.1) is 6.42 Å². The first-order chi connectivity index (χ1) is 9.09. The maximum absolute atomic E-state index is 12.5. The second-order valence-corrected chi connectivity index (χ2v) is 4.52. The summed E-state index contributed by atoms with van der Waals surface area (Å²) in [6.07, 6.45) is 5.84. The SMILES string of the molecule is C#CCN1C(=O)N(C)C(=O)C1(CC)c1ccccc1. The predicted octanol–water partition coefficient (Wildman–Crippen LogP) is 1.82. The van der Waals surface area contributed by atoms with Crippen molar-refractivity contribution in [3.63, 3.8) is 0 Å². The van der Waals surface area contributed by atoms with Crippen LogP contribution >= 0.6 is 0 Å². The lowest BCUT2D eigenvalue weighted by Gasteiger charge is -2.33.